The first kappa shape index (κ1) is 25.1. The molecule has 0 aliphatic carbocycles. The first-order valence-electron chi connectivity index (χ1n) is 10.6. The third-order valence-corrected chi connectivity index (χ3v) is 6.82. The lowest BCUT2D eigenvalue weighted by molar-refractivity contribution is 0.0355. The minimum atomic E-state index is -0.0105. The molecule has 7 heteroatoms. The number of nitrogens with one attached hydrogen (secondary N) is 3. The average molecular weight is 543 g/mol. The van der Waals surface area contributed by atoms with E-state index in [4.69, 9.17) is 4.74 Å². The van der Waals surface area contributed by atoms with Gasteiger partial charge >= 0.3 is 0 Å². The predicted molar refractivity (Wildman–Crippen MR) is 138 cm³/mol. The number of aryl methyl sites for hydroxylation is 1. The quantitative estimate of drug-likeness (QED) is 0.262. The summed E-state index contributed by atoms with van der Waals surface area (Å²) in [4.78, 5) is 7.18. The van der Waals surface area contributed by atoms with E-state index >= 15 is 0 Å². The Balaban J connectivity index is 0.00000320. The molecule has 3 N–H and O–H groups in total. The van der Waals surface area contributed by atoms with Gasteiger partial charge in [0.25, 0.3) is 0 Å². The fourth-order valence-corrected chi connectivity index (χ4v) is 4.67. The van der Waals surface area contributed by atoms with Crippen LogP contribution in [-0.4, -0.2) is 38.3 Å². The predicted octanol–water partition coefficient (Wildman–Crippen LogP) is 4.49. The highest BCUT2D eigenvalue weighted by atomic mass is 127. The molecule has 5 nitrogen and oxygen atoms in total. The van der Waals surface area contributed by atoms with Gasteiger partial charge in [0.1, 0.15) is 0 Å². The molecule has 1 aromatic heterocycles. The Morgan fingerprint density at radius 3 is 2.43 bits per heavy atom. The molecule has 1 fully saturated rings. The minimum Gasteiger partial charge on any atom is -0.381 e. The maximum atomic E-state index is 5.65. The summed E-state index contributed by atoms with van der Waals surface area (Å²) in [6, 6.07) is 15.3. The largest absolute Gasteiger partial charge is 0.381 e. The monoisotopic (exact) mass is 542 g/mol. The molecule has 2 heterocycles. The van der Waals surface area contributed by atoms with E-state index in [1.165, 1.54) is 15.3 Å². The summed E-state index contributed by atoms with van der Waals surface area (Å²) in [5.74, 6) is 0.844. The van der Waals surface area contributed by atoms with Crippen LogP contribution in [0.5, 0.6) is 0 Å². The molecule has 1 aromatic carbocycles. The van der Waals surface area contributed by atoms with Crippen LogP contribution in [0.3, 0.4) is 0 Å². The number of ether oxygens (including phenoxy) is 1. The molecule has 1 unspecified atom stereocenters. The fourth-order valence-electron chi connectivity index (χ4n) is 3.77. The summed E-state index contributed by atoms with van der Waals surface area (Å²) >= 11 is 1.86. The van der Waals surface area contributed by atoms with Gasteiger partial charge in [0.15, 0.2) is 5.96 Å². The van der Waals surface area contributed by atoms with Crippen molar-refractivity contribution in [1.29, 1.82) is 0 Å². The van der Waals surface area contributed by atoms with Crippen molar-refractivity contribution in [1.82, 2.24) is 16.0 Å². The Hall–Kier alpha value is -1.16. The van der Waals surface area contributed by atoms with Gasteiger partial charge in [-0.25, -0.2) is 0 Å². The van der Waals surface area contributed by atoms with Crippen LogP contribution in [-0.2, 0) is 17.7 Å². The molecule has 1 aliphatic heterocycles. The molecule has 30 heavy (non-hydrogen) atoms. The Labute approximate surface area is 202 Å². The number of halogens is 1. The molecule has 0 saturated carbocycles. The number of benzene rings is 1. The summed E-state index contributed by atoms with van der Waals surface area (Å²) in [7, 11) is 1.83. The van der Waals surface area contributed by atoms with Crippen LogP contribution in [0.2, 0.25) is 0 Å². The molecule has 166 valence electrons. The summed E-state index contributed by atoms with van der Waals surface area (Å²) in [5, 5.41) is 10.9. The highest BCUT2D eigenvalue weighted by Crippen LogP contribution is 2.25. The number of hydrogen-bond donors (Lipinski definition) is 3. The van der Waals surface area contributed by atoms with Crippen LogP contribution in [0.15, 0.2) is 47.5 Å². The lowest BCUT2D eigenvalue weighted by Gasteiger charge is -2.41. The van der Waals surface area contributed by atoms with Gasteiger partial charge < -0.3 is 20.7 Å². The number of nitrogens with zero attached hydrogens (tertiary/aromatic N) is 1. The van der Waals surface area contributed by atoms with E-state index in [-0.39, 0.29) is 35.6 Å². The number of rotatable bonds is 8. The van der Waals surface area contributed by atoms with Gasteiger partial charge in [-0.2, -0.15) is 0 Å². The normalized spacial score (nSPS) is 17.1. The van der Waals surface area contributed by atoms with E-state index in [0.29, 0.717) is 0 Å². The van der Waals surface area contributed by atoms with E-state index < -0.39 is 0 Å². The second-order valence-electron chi connectivity index (χ2n) is 7.67. The van der Waals surface area contributed by atoms with Gasteiger partial charge in [0.05, 0.1) is 6.54 Å². The van der Waals surface area contributed by atoms with Crippen LogP contribution in [0.25, 0.3) is 0 Å². The Morgan fingerprint density at radius 1 is 1.10 bits per heavy atom. The third kappa shape index (κ3) is 7.21. The summed E-state index contributed by atoms with van der Waals surface area (Å²) in [5.41, 5.74) is 1.30. The molecule has 0 bridgehead atoms. The molecule has 3 rings (SSSR count). The molecular weight excluding hydrogens is 507 g/mol. The number of guanidine groups is 1. The second-order valence-corrected chi connectivity index (χ2v) is 8.92. The van der Waals surface area contributed by atoms with Crippen molar-refractivity contribution in [2.24, 2.45) is 4.99 Å². The number of thiophene rings is 1. The summed E-state index contributed by atoms with van der Waals surface area (Å²) in [6.07, 6.45) is 3.06. The highest BCUT2D eigenvalue weighted by Gasteiger charge is 2.34. The SMILES string of the molecule is CCc1ccc(CNC(=NC)NCC2(NC(C)c3ccccc3)CCOCC2)s1.I. The molecular formula is C23H35IN4OS. The summed E-state index contributed by atoms with van der Waals surface area (Å²) in [6.45, 7) is 7.63. The fraction of sp³-hybridized carbons (Fsp3) is 0.522. The maximum absolute atomic E-state index is 5.65. The maximum Gasteiger partial charge on any atom is 0.191 e. The van der Waals surface area contributed by atoms with Crippen molar-refractivity contribution in [3.8, 4) is 0 Å². The van der Waals surface area contributed by atoms with Crippen molar-refractivity contribution in [3.05, 3.63) is 57.8 Å². The van der Waals surface area contributed by atoms with E-state index in [1.54, 1.807) is 0 Å². The van der Waals surface area contributed by atoms with E-state index in [0.717, 1.165) is 51.5 Å². The topological polar surface area (TPSA) is 57.7 Å². The number of aliphatic imine (C=N–C) groups is 1. The minimum absolute atomic E-state index is 0. The highest BCUT2D eigenvalue weighted by molar-refractivity contribution is 14.0. The number of hydrogen-bond acceptors (Lipinski definition) is 4. The van der Waals surface area contributed by atoms with Crippen LogP contribution in [0.4, 0.5) is 0 Å². The van der Waals surface area contributed by atoms with Crippen molar-refractivity contribution < 1.29 is 4.74 Å². The molecule has 0 spiro atoms. The lowest BCUT2D eigenvalue weighted by atomic mass is 9.88. The van der Waals surface area contributed by atoms with Crippen LogP contribution in [0, 0.1) is 0 Å². The zero-order valence-corrected chi connectivity index (χ0v) is 21.4. The Bertz CT molecular complexity index is 775. The van der Waals surface area contributed by atoms with Crippen LogP contribution >= 0.6 is 35.3 Å². The second kappa shape index (κ2) is 12.6. The van der Waals surface area contributed by atoms with Crippen LogP contribution in [0.1, 0.15) is 48.0 Å². The molecule has 0 amide bonds. The van der Waals surface area contributed by atoms with Gasteiger partial charge in [-0.3, -0.25) is 4.99 Å². The average Bonchev–Trinajstić information content (AvgIpc) is 3.23. The lowest BCUT2D eigenvalue weighted by Crippen LogP contribution is -2.58. The van der Waals surface area contributed by atoms with Gasteiger partial charge in [-0.1, -0.05) is 37.3 Å². The molecule has 1 aliphatic rings. The van der Waals surface area contributed by atoms with Gasteiger partial charge in [-0.05, 0) is 43.9 Å². The van der Waals surface area contributed by atoms with Gasteiger partial charge in [0, 0.05) is 48.1 Å². The van der Waals surface area contributed by atoms with Crippen molar-refractivity contribution in [2.45, 2.75) is 51.2 Å². The first-order valence-corrected chi connectivity index (χ1v) is 11.4. The summed E-state index contributed by atoms with van der Waals surface area (Å²) < 4.78 is 5.65. The third-order valence-electron chi connectivity index (χ3n) is 5.59. The Kier molecular flexibility index (Phi) is 10.6. The zero-order chi connectivity index (χ0) is 20.5. The van der Waals surface area contributed by atoms with Gasteiger partial charge in [-0.15, -0.1) is 35.3 Å². The van der Waals surface area contributed by atoms with E-state index in [9.17, 15) is 0 Å². The van der Waals surface area contributed by atoms with Crippen molar-refractivity contribution in [2.75, 3.05) is 26.8 Å². The van der Waals surface area contributed by atoms with E-state index in [1.807, 2.05) is 18.4 Å². The van der Waals surface area contributed by atoms with Crippen molar-refractivity contribution in [3.63, 3.8) is 0 Å². The standard InChI is InChI=1S/C23H34N4OS.HI/c1-4-20-10-11-21(29-20)16-25-22(24-3)26-17-23(12-14-28-15-13-23)27-18(2)19-8-6-5-7-9-19;/h5-11,18,27H,4,12-17H2,1-3H3,(H2,24,25,26);1H. The van der Waals surface area contributed by atoms with Crippen molar-refractivity contribution >= 4 is 41.3 Å². The Morgan fingerprint density at radius 2 is 1.80 bits per heavy atom. The molecule has 1 saturated heterocycles. The van der Waals surface area contributed by atoms with Gasteiger partial charge in [0.2, 0.25) is 0 Å². The molecule has 2 aromatic rings. The van der Waals surface area contributed by atoms with E-state index in [2.05, 4.69) is 77.3 Å². The first-order chi connectivity index (χ1) is 14.1. The zero-order valence-electron chi connectivity index (χ0n) is 18.2. The van der Waals surface area contributed by atoms with Crippen LogP contribution < -0.4 is 16.0 Å². The smallest absolute Gasteiger partial charge is 0.191 e. The molecule has 0 radical (unpaired) electrons. The molecule has 1 atom stereocenters.